The maximum Gasteiger partial charge on any atom is 0.273 e. The van der Waals surface area contributed by atoms with Crippen molar-refractivity contribution < 1.29 is 14.1 Å². The van der Waals surface area contributed by atoms with E-state index in [0.29, 0.717) is 23.9 Å². The van der Waals surface area contributed by atoms with Crippen molar-refractivity contribution in [3.8, 4) is 11.3 Å². The van der Waals surface area contributed by atoms with Gasteiger partial charge in [-0.3, -0.25) is 4.79 Å². The van der Waals surface area contributed by atoms with E-state index in [9.17, 15) is 4.79 Å². The van der Waals surface area contributed by atoms with Crippen LogP contribution < -0.4 is 5.32 Å². The van der Waals surface area contributed by atoms with Crippen LogP contribution >= 0.6 is 0 Å². The molecule has 0 aliphatic carbocycles. The Hall–Kier alpha value is -2.14. The summed E-state index contributed by atoms with van der Waals surface area (Å²) in [5, 5.41) is 6.90. The number of rotatable bonds is 4. The molecular formula is C20H26N2O3. The maximum atomic E-state index is 12.4. The highest BCUT2D eigenvalue weighted by atomic mass is 16.5. The predicted octanol–water partition coefficient (Wildman–Crippen LogP) is 3.91. The van der Waals surface area contributed by atoms with E-state index < -0.39 is 0 Å². The van der Waals surface area contributed by atoms with Crippen molar-refractivity contribution in [3.05, 3.63) is 42.1 Å². The van der Waals surface area contributed by atoms with Crippen LogP contribution in [0.5, 0.6) is 0 Å². The van der Waals surface area contributed by atoms with E-state index in [0.717, 1.165) is 25.0 Å². The van der Waals surface area contributed by atoms with Crippen LogP contribution in [0.15, 0.2) is 40.9 Å². The van der Waals surface area contributed by atoms with Gasteiger partial charge in [-0.25, -0.2) is 0 Å². The highest BCUT2D eigenvalue weighted by Crippen LogP contribution is 2.33. The Balaban J connectivity index is 1.62. The van der Waals surface area contributed by atoms with E-state index >= 15 is 0 Å². The molecule has 1 aromatic carbocycles. The maximum absolute atomic E-state index is 12.4. The number of nitrogens with zero attached hydrogens (tertiary/aromatic N) is 1. The van der Waals surface area contributed by atoms with Crippen LogP contribution in [0, 0.1) is 11.3 Å². The van der Waals surface area contributed by atoms with Crippen LogP contribution in [0.4, 0.5) is 0 Å². The summed E-state index contributed by atoms with van der Waals surface area (Å²) < 4.78 is 11.3. The molecule has 2 aromatic rings. The minimum absolute atomic E-state index is 0.0597. The summed E-state index contributed by atoms with van der Waals surface area (Å²) >= 11 is 0. The monoisotopic (exact) mass is 342 g/mol. The SMILES string of the molecule is CC(C)(C)C1OCCCC1CNC(=O)c1cc(-c2ccccc2)on1. The molecule has 1 aliphatic heterocycles. The van der Waals surface area contributed by atoms with Crippen molar-refractivity contribution in [2.24, 2.45) is 11.3 Å². The molecule has 1 N–H and O–H groups in total. The standard InChI is InChI=1S/C20H26N2O3/c1-20(2,3)18-15(10-7-11-24-18)13-21-19(23)16-12-17(25-22-16)14-8-5-4-6-9-14/h4-6,8-9,12,15,18H,7,10-11,13H2,1-3H3,(H,21,23). The Morgan fingerprint density at radius 3 is 2.76 bits per heavy atom. The van der Waals surface area contributed by atoms with Gasteiger partial charge in [0.05, 0.1) is 6.10 Å². The van der Waals surface area contributed by atoms with Crippen LogP contribution in [0.25, 0.3) is 11.3 Å². The molecule has 5 heteroatoms. The molecule has 2 unspecified atom stereocenters. The molecule has 0 saturated carbocycles. The molecule has 1 amide bonds. The molecule has 1 saturated heterocycles. The number of aromatic nitrogens is 1. The minimum atomic E-state index is -0.204. The number of nitrogens with one attached hydrogen (secondary N) is 1. The van der Waals surface area contributed by atoms with Crippen molar-refractivity contribution in [2.45, 2.75) is 39.7 Å². The fourth-order valence-corrected chi connectivity index (χ4v) is 3.44. The molecule has 3 rings (SSSR count). The quantitative estimate of drug-likeness (QED) is 0.915. The molecule has 2 heterocycles. The fraction of sp³-hybridized carbons (Fsp3) is 0.500. The first-order valence-corrected chi connectivity index (χ1v) is 8.87. The Labute approximate surface area is 148 Å². The third kappa shape index (κ3) is 4.28. The third-order valence-electron chi connectivity index (χ3n) is 4.62. The fourth-order valence-electron chi connectivity index (χ4n) is 3.44. The Kier molecular flexibility index (Phi) is 5.23. The van der Waals surface area contributed by atoms with Crippen LogP contribution in [-0.2, 0) is 4.74 Å². The summed E-state index contributed by atoms with van der Waals surface area (Å²) in [7, 11) is 0. The first-order chi connectivity index (χ1) is 11.9. The average molecular weight is 342 g/mol. The molecular weight excluding hydrogens is 316 g/mol. The van der Waals surface area contributed by atoms with Crippen molar-refractivity contribution in [1.82, 2.24) is 10.5 Å². The molecule has 1 aliphatic rings. The van der Waals surface area contributed by atoms with E-state index in [2.05, 4.69) is 31.2 Å². The van der Waals surface area contributed by atoms with Gasteiger partial charge in [-0.1, -0.05) is 56.3 Å². The topological polar surface area (TPSA) is 64.4 Å². The summed E-state index contributed by atoms with van der Waals surface area (Å²) in [6.07, 6.45) is 2.25. The predicted molar refractivity (Wildman–Crippen MR) is 96.2 cm³/mol. The summed E-state index contributed by atoms with van der Waals surface area (Å²) in [5.74, 6) is 0.710. The van der Waals surface area contributed by atoms with Crippen molar-refractivity contribution in [3.63, 3.8) is 0 Å². The Morgan fingerprint density at radius 2 is 2.04 bits per heavy atom. The first kappa shape index (κ1) is 17.7. The molecule has 0 bridgehead atoms. The van der Waals surface area contributed by atoms with Gasteiger partial charge in [0, 0.05) is 30.7 Å². The van der Waals surface area contributed by atoms with Crippen LogP contribution in [-0.4, -0.2) is 30.3 Å². The second kappa shape index (κ2) is 7.40. The molecule has 134 valence electrons. The molecule has 5 nitrogen and oxygen atoms in total. The van der Waals surface area contributed by atoms with Gasteiger partial charge in [0.15, 0.2) is 11.5 Å². The Morgan fingerprint density at radius 1 is 1.28 bits per heavy atom. The van der Waals surface area contributed by atoms with Gasteiger partial charge in [0.1, 0.15) is 0 Å². The molecule has 0 spiro atoms. The number of hydrogen-bond acceptors (Lipinski definition) is 4. The molecule has 25 heavy (non-hydrogen) atoms. The van der Waals surface area contributed by atoms with Gasteiger partial charge in [-0.15, -0.1) is 0 Å². The van der Waals surface area contributed by atoms with Gasteiger partial charge in [-0.05, 0) is 18.3 Å². The highest BCUT2D eigenvalue weighted by Gasteiger charge is 2.35. The van der Waals surface area contributed by atoms with Gasteiger partial charge in [-0.2, -0.15) is 0 Å². The number of benzene rings is 1. The summed E-state index contributed by atoms with van der Waals surface area (Å²) in [5.41, 5.74) is 1.27. The van der Waals surface area contributed by atoms with Crippen LogP contribution in [0.3, 0.4) is 0 Å². The minimum Gasteiger partial charge on any atom is -0.377 e. The summed E-state index contributed by atoms with van der Waals surface area (Å²) in [4.78, 5) is 12.4. The summed E-state index contributed by atoms with van der Waals surface area (Å²) in [6.45, 7) is 7.94. The number of ether oxygens (including phenoxy) is 1. The highest BCUT2D eigenvalue weighted by molar-refractivity contribution is 5.93. The largest absolute Gasteiger partial charge is 0.377 e. The van der Waals surface area contributed by atoms with Gasteiger partial charge < -0.3 is 14.6 Å². The average Bonchev–Trinajstić information content (AvgIpc) is 3.10. The summed E-state index contributed by atoms with van der Waals surface area (Å²) in [6, 6.07) is 11.3. The number of hydrogen-bond donors (Lipinski definition) is 1. The number of carbonyl (C=O) groups excluding carboxylic acids is 1. The lowest BCUT2D eigenvalue weighted by Crippen LogP contribution is -2.45. The van der Waals surface area contributed by atoms with Crippen molar-refractivity contribution in [2.75, 3.05) is 13.2 Å². The number of carbonyl (C=O) groups is 1. The van der Waals surface area contributed by atoms with Crippen LogP contribution in [0.2, 0.25) is 0 Å². The second-order valence-electron chi connectivity index (χ2n) is 7.71. The first-order valence-electron chi connectivity index (χ1n) is 8.87. The third-order valence-corrected chi connectivity index (χ3v) is 4.62. The molecule has 2 atom stereocenters. The molecule has 1 aromatic heterocycles. The molecule has 1 fully saturated rings. The number of amides is 1. The lowest BCUT2D eigenvalue weighted by atomic mass is 9.78. The normalized spacial score (nSPS) is 21.1. The smallest absolute Gasteiger partial charge is 0.273 e. The van der Waals surface area contributed by atoms with E-state index in [1.807, 2.05) is 30.3 Å². The van der Waals surface area contributed by atoms with E-state index in [4.69, 9.17) is 9.26 Å². The zero-order chi connectivity index (χ0) is 17.9. The van der Waals surface area contributed by atoms with E-state index in [1.54, 1.807) is 6.07 Å². The Bertz CT molecular complexity index is 703. The van der Waals surface area contributed by atoms with Gasteiger partial charge in [0.25, 0.3) is 5.91 Å². The van der Waals surface area contributed by atoms with E-state index in [1.165, 1.54) is 0 Å². The van der Waals surface area contributed by atoms with Gasteiger partial charge in [0.2, 0.25) is 0 Å². The van der Waals surface area contributed by atoms with Crippen molar-refractivity contribution in [1.29, 1.82) is 0 Å². The molecule has 0 radical (unpaired) electrons. The van der Waals surface area contributed by atoms with Gasteiger partial charge >= 0.3 is 0 Å². The second-order valence-corrected chi connectivity index (χ2v) is 7.71. The van der Waals surface area contributed by atoms with Crippen LogP contribution in [0.1, 0.15) is 44.1 Å². The van der Waals surface area contributed by atoms with E-state index in [-0.39, 0.29) is 17.4 Å². The lowest BCUT2D eigenvalue weighted by Gasteiger charge is -2.40. The zero-order valence-corrected chi connectivity index (χ0v) is 15.1. The van der Waals surface area contributed by atoms with Crippen molar-refractivity contribution >= 4 is 5.91 Å². The lowest BCUT2D eigenvalue weighted by molar-refractivity contribution is -0.0839. The zero-order valence-electron chi connectivity index (χ0n) is 15.1.